The van der Waals surface area contributed by atoms with Crippen molar-refractivity contribution in [3.63, 3.8) is 0 Å². The Hall–Kier alpha value is -2.33. The fourth-order valence-electron chi connectivity index (χ4n) is 5.09. The Morgan fingerprint density at radius 1 is 1.28 bits per heavy atom. The molecule has 0 unspecified atom stereocenters. The summed E-state index contributed by atoms with van der Waals surface area (Å²) < 4.78 is 61.6. The van der Waals surface area contributed by atoms with Crippen molar-refractivity contribution in [2.24, 2.45) is 0 Å². The minimum absolute atomic E-state index is 0.0182. The van der Waals surface area contributed by atoms with Gasteiger partial charge in [-0.15, -0.1) is 13.2 Å². The molecule has 1 aromatic carbocycles. The first-order chi connectivity index (χ1) is 15.0. The van der Waals surface area contributed by atoms with Crippen molar-refractivity contribution < 1.29 is 31.8 Å². The van der Waals surface area contributed by atoms with Gasteiger partial charge in [0.15, 0.2) is 6.61 Å². The largest absolute Gasteiger partial charge is 0.522 e. The highest BCUT2D eigenvalue weighted by Crippen LogP contribution is 2.65. The van der Waals surface area contributed by atoms with Gasteiger partial charge in [0.05, 0.1) is 28.7 Å². The summed E-state index contributed by atoms with van der Waals surface area (Å²) >= 11 is 5.62. The molecule has 0 spiro atoms. The lowest BCUT2D eigenvalue weighted by Crippen LogP contribution is -2.78. The van der Waals surface area contributed by atoms with Gasteiger partial charge in [0.2, 0.25) is 0 Å². The Kier molecular flexibility index (Phi) is 4.94. The topological polar surface area (TPSA) is 65.4 Å². The number of hydrogen-bond donors (Lipinski definition) is 1. The number of amides is 1. The van der Waals surface area contributed by atoms with Crippen LogP contribution < -0.4 is 10.1 Å². The molecule has 4 aliphatic rings. The van der Waals surface area contributed by atoms with E-state index in [1.54, 1.807) is 6.33 Å². The van der Waals surface area contributed by atoms with Crippen molar-refractivity contribution in [1.82, 2.24) is 14.9 Å². The second kappa shape index (κ2) is 7.34. The Morgan fingerprint density at radius 2 is 2.00 bits per heavy atom. The van der Waals surface area contributed by atoms with Gasteiger partial charge in [-0.3, -0.25) is 9.53 Å². The number of rotatable bonds is 7. The van der Waals surface area contributed by atoms with Gasteiger partial charge >= 0.3 is 6.36 Å². The van der Waals surface area contributed by atoms with Crippen LogP contribution in [0.5, 0.6) is 5.75 Å². The van der Waals surface area contributed by atoms with Crippen LogP contribution in [0.15, 0.2) is 30.7 Å². The molecule has 6 nitrogen and oxygen atoms in total. The van der Waals surface area contributed by atoms with Crippen molar-refractivity contribution in [2.45, 2.75) is 61.6 Å². The number of aromatic nitrogens is 2. The Labute approximate surface area is 185 Å². The second-order valence-electron chi connectivity index (χ2n) is 9.01. The number of carbonyl (C=O) groups is 1. The Morgan fingerprint density at radius 3 is 2.66 bits per heavy atom. The predicted octanol–water partition coefficient (Wildman–Crippen LogP) is 4.28. The van der Waals surface area contributed by atoms with Crippen LogP contribution in [0, 0.1) is 5.82 Å². The molecule has 1 amide bonds. The first kappa shape index (κ1) is 21.5. The van der Waals surface area contributed by atoms with Crippen molar-refractivity contribution in [2.75, 3.05) is 6.61 Å². The molecule has 0 saturated heterocycles. The lowest BCUT2D eigenvalue weighted by molar-refractivity contribution is -0.351. The van der Waals surface area contributed by atoms with E-state index in [9.17, 15) is 22.4 Å². The number of imidazole rings is 1. The molecule has 1 heterocycles. The minimum atomic E-state index is -4.60. The van der Waals surface area contributed by atoms with Crippen LogP contribution in [0.25, 0.3) is 0 Å². The van der Waals surface area contributed by atoms with E-state index in [0.29, 0.717) is 12.8 Å². The van der Waals surface area contributed by atoms with Gasteiger partial charge < -0.3 is 14.6 Å². The van der Waals surface area contributed by atoms with Crippen LogP contribution in [-0.4, -0.2) is 40.1 Å². The molecule has 172 valence electrons. The first-order valence-corrected chi connectivity index (χ1v) is 10.6. The minimum Gasteiger partial charge on any atom is -0.484 e. The van der Waals surface area contributed by atoms with E-state index in [2.05, 4.69) is 15.0 Å². The number of alkyl halides is 3. The molecule has 4 aliphatic carbocycles. The predicted molar refractivity (Wildman–Crippen MR) is 105 cm³/mol. The van der Waals surface area contributed by atoms with Gasteiger partial charge in [-0.05, 0) is 44.2 Å². The van der Waals surface area contributed by atoms with Gasteiger partial charge in [0.25, 0.3) is 5.91 Å². The van der Waals surface area contributed by atoms with Crippen LogP contribution >= 0.6 is 11.6 Å². The van der Waals surface area contributed by atoms with E-state index in [1.807, 2.05) is 10.8 Å². The maximum atomic E-state index is 13.4. The number of nitrogens with one attached hydrogen (secondary N) is 1. The number of ether oxygens (including phenoxy) is 2. The summed E-state index contributed by atoms with van der Waals surface area (Å²) in [6.45, 7) is -0.228. The van der Waals surface area contributed by atoms with E-state index < -0.39 is 18.3 Å². The molecule has 32 heavy (non-hydrogen) atoms. The molecule has 0 radical (unpaired) electrons. The van der Waals surface area contributed by atoms with E-state index in [4.69, 9.17) is 16.3 Å². The third kappa shape index (κ3) is 3.94. The highest BCUT2D eigenvalue weighted by atomic mass is 35.5. The third-order valence-electron chi connectivity index (χ3n) is 6.63. The van der Waals surface area contributed by atoms with Crippen molar-refractivity contribution in [3.05, 3.63) is 47.3 Å². The number of hydrogen-bond acceptors (Lipinski definition) is 4. The average molecular weight is 474 g/mol. The molecule has 2 bridgehead atoms. The summed E-state index contributed by atoms with van der Waals surface area (Å²) in [7, 11) is 0. The van der Waals surface area contributed by atoms with Gasteiger partial charge in [-0.2, -0.15) is 0 Å². The monoisotopic (exact) mass is 473 g/mol. The van der Waals surface area contributed by atoms with Gasteiger partial charge in [-0.1, -0.05) is 11.6 Å². The smallest absolute Gasteiger partial charge is 0.484 e. The highest BCUT2D eigenvalue weighted by Gasteiger charge is 2.69. The maximum absolute atomic E-state index is 13.4. The summed E-state index contributed by atoms with van der Waals surface area (Å²) in [5.74, 6) is -0.707. The Bertz CT molecular complexity index is 1030. The van der Waals surface area contributed by atoms with Crippen LogP contribution in [-0.2, 0) is 15.1 Å². The maximum Gasteiger partial charge on any atom is 0.522 e. The van der Waals surface area contributed by atoms with Crippen molar-refractivity contribution in [3.8, 4) is 5.75 Å². The first-order valence-electron chi connectivity index (χ1n) is 10.2. The molecule has 1 aromatic heterocycles. The number of halogens is 5. The molecule has 4 fully saturated rings. The van der Waals surface area contributed by atoms with Crippen molar-refractivity contribution in [1.29, 1.82) is 0 Å². The van der Waals surface area contributed by atoms with Gasteiger partial charge in [0.1, 0.15) is 11.6 Å². The van der Waals surface area contributed by atoms with E-state index in [0.717, 1.165) is 31.0 Å². The second-order valence-corrected chi connectivity index (χ2v) is 9.41. The highest BCUT2D eigenvalue weighted by molar-refractivity contribution is 6.30. The SMILES string of the molecule is O=C(COc1ccc(Cl)c(F)c1)NC12CC(n3cnc([C@H]4C[C@H](OC(F)(F)F)C4)c3)(C1)C2. The summed E-state index contributed by atoms with van der Waals surface area (Å²) in [5.41, 5.74) is 0.390. The molecule has 4 saturated carbocycles. The van der Waals surface area contributed by atoms with Gasteiger partial charge in [0, 0.05) is 23.7 Å². The zero-order valence-corrected chi connectivity index (χ0v) is 17.5. The summed E-state index contributed by atoms with van der Waals surface area (Å²) in [6, 6.07) is 3.98. The quantitative estimate of drug-likeness (QED) is 0.609. The molecule has 0 aliphatic heterocycles. The molecule has 11 heteroatoms. The normalized spacial score (nSPS) is 30.7. The van der Waals surface area contributed by atoms with E-state index >= 15 is 0 Å². The molecule has 2 aromatic rings. The van der Waals surface area contributed by atoms with Crippen LogP contribution in [0.1, 0.15) is 43.7 Å². The van der Waals surface area contributed by atoms with E-state index in [-0.39, 0.29) is 40.3 Å². The Balaban J connectivity index is 1.08. The zero-order chi connectivity index (χ0) is 22.7. The van der Waals surface area contributed by atoms with Crippen molar-refractivity contribution >= 4 is 17.5 Å². The van der Waals surface area contributed by atoms with Crippen LogP contribution in [0.2, 0.25) is 5.02 Å². The van der Waals surface area contributed by atoms with E-state index in [1.165, 1.54) is 12.1 Å². The summed E-state index contributed by atoms with van der Waals surface area (Å²) in [4.78, 5) is 16.6. The third-order valence-corrected chi connectivity index (χ3v) is 6.94. The average Bonchev–Trinajstić information content (AvgIpc) is 3.09. The number of nitrogens with zero attached hydrogens (tertiary/aromatic N) is 2. The lowest BCUT2D eigenvalue weighted by Gasteiger charge is -2.70. The molecule has 1 N–H and O–H groups in total. The van der Waals surface area contributed by atoms with Crippen LogP contribution in [0.3, 0.4) is 0 Å². The van der Waals surface area contributed by atoms with Crippen LogP contribution in [0.4, 0.5) is 17.6 Å². The molecule has 6 rings (SSSR count). The summed E-state index contributed by atoms with van der Waals surface area (Å²) in [6.07, 6.45) is 1.08. The molecular weight excluding hydrogens is 454 g/mol. The number of carbonyl (C=O) groups excluding carboxylic acids is 1. The zero-order valence-electron chi connectivity index (χ0n) is 16.8. The standard InChI is InChI=1S/C21H20ClF4N3O3/c22-15-2-1-13(5-16(15)23)31-7-18(30)28-19-8-20(9-19,10-19)29-6-17(27-11-29)12-3-14(4-12)32-21(24,25)26/h1-2,5-6,11-12,14H,3-4,7-10H2,(H,28,30)/t12-,14-,19?,20?. The summed E-state index contributed by atoms with van der Waals surface area (Å²) in [5, 5.41) is 2.97. The molecule has 0 atom stereocenters. The number of benzene rings is 1. The lowest BCUT2D eigenvalue weighted by atomic mass is 9.44. The fourth-order valence-corrected chi connectivity index (χ4v) is 5.21. The van der Waals surface area contributed by atoms with Gasteiger partial charge in [-0.25, -0.2) is 9.37 Å². The molecular formula is C21H20ClF4N3O3. The fraction of sp³-hybridized carbons (Fsp3) is 0.524.